The molecule has 29 heavy (non-hydrogen) atoms. The summed E-state index contributed by atoms with van der Waals surface area (Å²) >= 11 is 0. The Balaban J connectivity index is 1.45. The van der Waals surface area contributed by atoms with Crippen molar-refractivity contribution in [3.8, 4) is 5.69 Å². The molecule has 0 saturated heterocycles. The monoisotopic (exact) mass is 389 g/mol. The van der Waals surface area contributed by atoms with Crippen LogP contribution in [0.1, 0.15) is 46.1 Å². The van der Waals surface area contributed by atoms with Gasteiger partial charge in [0.25, 0.3) is 5.91 Å². The number of hydrogen-bond acceptors (Lipinski definition) is 4. The molecule has 0 unspecified atom stereocenters. The Morgan fingerprint density at radius 1 is 1.07 bits per heavy atom. The number of aryl methyl sites for hydroxylation is 2. The van der Waals surface area contributed by atoms with Crippen molar-refractivity contribution >= 4 is 17.6 Å². The van der Waals surface area contributed by atoms with Gasteiger partial charge in [0.1, 0.15) is 0 Å². The number of anilines is 1. The highest BCUT2D eigenvalue weighted by Gasteiger charge is 2.29. The Morgan fingerprint density at radius 2 is 1.83 bits per heavy atom. The van der Waals surface area contributed by atoms with Crippen molar-refractivity contribution in [2.75, 3.05) is 11.9 Å². The van der Waals surface area contributed by atoms with E-state index >= 15 is 0 Å². The molecule has 0 spiro atoms. The lowest BCUT2D eigenvalue weighted by Crippen LogP contribution is -2.22. The summed E-state index contributed by atoms with van der Waals surface area (Å²) in [4.78, 5) is 24.9. The molecule has 0 atom stereocenters. The van der Waals surface area contributed by atoms with Crippen LogP contribution in [0.4, 0.5) is 5.69 Å². The summed E-state index contributed by atoms with van der Waals surface area (Å²) in [5.74, 6) is -0.544. The topological polar surface area (TPSA) is 73.2 Å². The molecule has 148 valence electrons. The van der Waals surface area contributed by atoms with E-state index in [4.69, 9.17) is 4.74 Å². The van der Waals surface area contributed by atoms with Crippen LogP contribution in [0.15, 0.2) is 54.6 Å². The molecule has 1 N–H and O–H groups in total. The molecule has 3 aromatic rings. The molecule has 2 aromatic carbocycles. The average molecular weight is 389 g/mol. The number of benzene rings is 2. The lowest BCUT2D eigenvalue weighted by molar-refractivity contribution is -0.119. The summed E-state index contributed by atoms with van der Waals surface area (Å²) in [5, 5.41) is 7.35. The van der Waals surface area contributed by atoms with E-state index in [0.717, 1.165) is 35.3 Å². The first-order valence-electron chi connectivity index (χ1n) is 9.71. The Kier molecular flexibility index (Phi) is 5.16. The van der Waals surface area contributed by atoms with Gasteiger partial charge in [0.05, 0.1) is 11.4 Å². The van der Waals surface area contributed by atoms with Gasteiger partial charge in [-0.05, 0) is 68.1 Å². The van der Waals surface area contributed by atoms with E-state index in [2.05, 4.69) is 10.4 Å². The zero-order chi connectivity index (χ0) is 20.4. The van der Waals surface area contributed by atoms with Gasteiger partial charge in [-0.25, -0.2) is 9.48 Å². The normalized spacial score (nSPS) is 13.2. The van der Waals surface area contributed by atoms with Crippen molar-refractivity contribution in [2.45, 2.75) is 32.6 Å². The number of nitrogens with zero attached hydrogens (tertiary/aromatic N) is 2. The van der Waals surface area contributed by atoms with Crippen LogP contribution in [0.3, 0.4) is 0 Å². The molecule has 0 bridgehead atoms. The van der Waals surface area contributed by atoms with Crippen LogP contribution >= 0.6 is 0 Å². The van der Waals surface area contributed by atoms with E-state index in [1.165, 1.54) is 0 Å². The van der Waals surface area contributed by atoms with Crippen LogP contribution in [-0.2, 0) is 9.53 Å². The summed E-state index contributed by atoms with van der Waals surface area (Å²) in [7, 11) is 0. The molecule has 0 radical (unpaired) electrons. The van der Waals surface area contributed by atoms with Gasteiger partial charge < -0.3 is 10.1 Å². The molecular weight excluding hydrogens is 366 g/mol. The maximum Gasteiger partial charge on any atom is 0.357 e. The summed E-state index contributed by atoms with van der Waals surface area (Å²) in [6.07, 6.45) is 2.16. The first kappa shape index (κ1) is 18.9. The Bertz CT molecular complexity index is 1050. The minimum atomic E-state index is -0.566. The quantitative estimate of drug-likeness (QED) is 0.643. The first-order valence-corrected chi connectivity index (χ1v) is 9.71. The minimum Gasteiger partial charge on any atom is -0.451 e. The van der Waals surface area contributed by atoms with E-state index < -0.39 is 5.97 Å². The number of rotatable bonds is 6. The fourth-order valence-corrected chi connectivity index (χ4v) is 3.11. The number of carbonyl (C=O) groups excluding carboxylic acids is 2. The number of aromatic nitrogens is 2. The van der Waals surface area contributed by atoms with Crippen LogP contribution in [0, 0.1) is 13.8 Å². The summed E-state index contributed by atoms with van der Waals surface area (Å²) in [6.45, 7) is 3.63. The van der Waals surface area contributed by atoms with Gasteiger partial charge in [0, 0.05) is 11.6 Å². The van der Waals surface area contributed by atoms with Gasteiger partial charge >= 0.3 is 5.97 Å². The maximum absolute atomic E-state index is 12.7. The van der Waals surface area contributed by atoms with Crippen molar-refractivity contribution < 1.29 is 14.3 Å². The fraction of sp³-hybridized carbons (Fsp3) is 0.261. The highest BCUT2D eigenvalue weighted by atomic mass is 16.5. The number of ether oxygens (including phenoxy) is 1. The van der Waals surface area contributed by atoms with E-state index in [9.17, 15) is 9.59 Å². The SMILES string of the molecule is Cc1ccc(NC(=O)COC(=O)c2cc(C3CC3)nn2-c2ccccc2)cc1C. The lowest BCUT2D eigenvalue weighted by atomic mass is 10.1. The third kappa shape index (κ3) is 4.37. The van der Waals surface area contributed by atoms with Crippen molar-refractivity contribution in [1.29, 1.82) is 0 Å². The highest BCUT2D eigenvalue weighted by molar-refractivity contribution is 5.95. The van der Waals surface area contributed by atoms with Gasteiger partial charge in [-0.2, -0.15) is 5.10 Å². The maximum atomic E-state index is 12.7. The van der Waals surface area contributed by atoms with Gasteiger partial charge in [-0.15, -0.1) is 0 Å². The van der Waals surface area contributed by atoms with Gasteiger partial charge in [-0.1, -0.05) is 24.3 Å². The van der Waals surface area contributed by atoms with Crippen LogP contribution in [0.5, 0.6) is 0 Å². The van der Waals surface area contributed by atoms with Crippen LogP contribution in [0.25, 0.3) is 5.69 Å². The molecular formula is C23H23N3O3. The first-order chi connectivity index (χ1) is 14.0. The van der Waals surface area contributed by atoms with Gasteiger partial charge in [0.15, 0.2) is 12.3 Å². The van der Waals surface area contributed by atoms with Crippen molar-refractivity contribution in [3.63, 3.8) is 0 Å². The zero-order valence-corrected chi connectivity index (χ0v) is 16.5. The predicted molar refractivity (Wildman–Crippen MR) is 110 cm³/mol. The van der Waals surface area contributed by atoms with Crippen LogP contribution in [0.2, 0.25) is 0 Å². The second-order valence-corrected chi connectivity index (χ2v) is 7.40. The van der Waals surface area contributed by atoms with Crippen molar-refractivity contribution in [2.24, 2.45) is 0 Å². The third-order valence-electron chi connectivity index (χ3n) is 5.06. The average Bonchev–Trinajstić information content (AvgIpc) is 3.48. The molecule has 1 heterocycles. The zero-order valence-electron chi connectivity index (χ0n) is 16.5. The van der Waals surface area contributed by atoms with Crippen LogP contribution < -0.4 is 5.32 Å². The predicted octanol–water partition coefficient (Wildman–Crippen LogP) is 4.16. The van der Waals surface area contributed by atoms with Gasteiger partial charge in [0.2, 0.25) is 0 Å². The van der Waals surface area contributed by atoms with Crippen LogP contribution in [-0.4, -0.2) is 28.3 Å². The molecule has 1 saturated carbocycles. The standard InChI is InChI=1S/C23H23N3O3/c1-15-8-11-18(12-16(15)2)24-22(27)14-29-23(28)21-13-20(17-9-10-17)25-26(21)19-6-4-3-5-7-19/h3-8,11-13,17H,9-10,14H2,1-2H3,(H,24,27). The molecule has 6 nitrogen and oxygen atoms in total. The number of carbonyl (C=O) groups is 2. The second kappa shape index (κ2) is 7.91. The molecule has 1 aliphatic carbocycles. The molecule has 1 amide bonds. The summed E-state index contributed by atoms with van der Waals surface area (Å²) < 4.78 is 6.87. The van der Waals surface area contributed by atoms with E-state index in [0.29, 0.717) is 17.3 Å². The second-order valence-electron chi connectivity index (χ2n) is 7.40. The number of amides is 1. The third-order valence-corrected chi connectivity index (χ3v) is 5.06. The number of hydrogen-bond donors (Lipinski definition) is 1. The van der Waals surface area contributed by atoms with E-state index in [-0.39, 0.29) is 12.5 Å². The number of para-hydroxylation sites is 1. The van der Waals surface area contributed by atoms with Crippen molar-refractivity contribution in [3.05, 3.63) is 77.1 Å². The molecule has 6 heteroatoms. The Hall–Kier alpha value is -3.41. The molecule has 4 rings (SSSR count). The molecule has 1 aliphatic rings. The molecule has 0 aliphatic heterocycles. The summed E-state index contributed by atoms with van der Waals surface area (Å²) in [5.41, 5.74) is 4.91. The minimum absolute atomic E-state index is 0.331. The largest absolute Gasteiger partial charge is 0.451 e. The van der Waals surface area contributed by atoms with E-state index in [1.54, 1.807) is 10.7 Å². The number of nitrogens with one attached hydrogen (secondary N) is 1. The smallest absolute Gasteiger partial charge is 0.357 e. The van der Waals surface area contributed by atoms with E-state index in [1.807, 2.05) is 62.4 Å². The Morgan fingerprint density at radius 3 is 2.52 bits per heavy atom. The highest BCUT2D eigenvalue weighted by Crippen LogP contribution is 2.39. The number of esters is 1. The Labute approximate surface area is 169 Å². The van der Waals surface area contributed by atoms with Crippen molar-refractivity contribution in [1.82, 2.24) is 9.78 Å². The lowest BCUT2D eigenvalue weighted by Gasteiger charge is -2.09. The fourth-order valence-electron chi connectivity index (χ4n) is 3.11. The summed E-state index contributed by atoms with van der Waals surface area (Å²) in [6, 6.07) is 16.9. The van der Waals surface area contributed by atoms with Gasteiger partial charge in [-0.3, -0.25) is 4.79 Å². The molecule has 1 fully saturated rings. The molecule has 1 aromatic heterocycles.